The van der Waals surface area contributed by atoms with Crippen LogP contribution in [0.5, 0.6) is 0 Å². The molecular weight excluding hydrogens is 166 g/mol. The molecule has 0 fully saturated rings. The Kier molecular flexibility index (Phi) is 4.39. The first-order chi connectivity index (χ1) is 4.18. The Labute approximate surface area is 57.7 Å². The Morgan fingerprint density at radius 2 is 1.89 bits per heavy atom. The van der Waals surface area contributed by atoms with Crippen LogP contribution in [0.2, 0.25) is 0 Å². The smallest absolute Gasteiger partial charge is 0.257 e. The monoisotopic (exact) mass is 174 g/mol. The molecule has 7 heteroatoms. The fourth-order valence-corrected chi connectivity index (χ4v) is 1.32. The van der Waals surface area contributed by atoms with E-state index in [2.05, 4.69) is 21.0 Å². The summed E-state index contributed by atoms with van der Waals surface area (Å²) in [5.41, 5.74) is 0. The highest BCUT2D eigenvalue weighted by Crippen LogP contribution is 2.43. The van der Waals surface area contributed by atoms with E-state index < -0.39 is 7.60 Å². The third-order valence-corrected chi connectivity index (χ3v) is 2.55. The van der Waals surface area contributed by atoms with E-state index in [1.165, 1.54) is 0 Å². The van der Waals surface area contributed by atoms with Gasteiger partial charge in [-0.2, -0.15) is 0 Å². The van der Waals surface area contributed by atoms with Gasteiger partial charge in [-0.3, -0.25) is 4.57 Å². The normalized spacial score (nSPS) is 11.9. The van der Waals surface area contributed by atoms with Gasteiger partial charge in [0.15, 0.2) is 0 Å². The zero-order chi connectivity index (χ0) is 7.33. The molecule has 0 heterocycles. The topological polar surface area (TPSA) is 87.6 Å². The SMILES string of the molecule is NOP(=O)(CCCl)ON. The Balaban J connectivity index is 3.78. The molecule has 0 rings (SSSR count). The highest BCUT2D eigenvalue weighted by Gasteiger charge is 2.21. The lowest BCUT2D eigenvalue weighted by atomic mass is 11.0. The van der Waals surface area contributed by atoms with Crippen LogP contribution in [0, 0.1) is 0 Å². The molecule has 0 amide bonds. The molecule has 9 heavy (non-hydrogen) atoms. The average Bonchev–Trinajstić information content (AvgIpc) is 1.89. The van der Waals surface area contributed by atoms with Crippen molar-refractivity contribution in [2.24, 2.45) is 11.8 Å². The molecule has 0 saturated heterocycles. The Hall–Kier alpha value is 0.360. The molecule has 0 atom stereocenters. The van der Waals surface area contributed by atoms with Gasteiger partial charge in [0, 0.05) is 5.88 Å². The van der Waals surface area contributed by atoms with E-state index in [4.69, 9.17) is 11.6 Å². The largest absolute Gasteiger partial charge is 0.363 e. The standard InChI is InChI=1S/C2H8ClN2O3P/c3-1-2-9(6,7-4)8-5/h1-2,4-5H2. The van der Waals surface area contributed by atoms with Crippen LogP contribution in [-0.4, -0.2) is 12.0 Å². The van der Waals surface area contributed by atoms with Gasteiger partial charge in [0.1, 0.15) is 0 Å². The van der Waals surface area contributed by atoms with Crippen molar-refractivity contribution in [1.29, 1.82) is 0 Å². The van der Waals surface area contributed by atoms with Crippen LogP contribution in [0.3, 0.4) is 0 Å². The third kappa shape index (κ3) is 3.15. The molecule has 5 nitrogen and oxygen atoms in total. The maximum Gasteiger partial charge on any atom is 0.363 e. The maximum absolute atomic E-state index is 10.8. The zero-order valence-electron chi connectivity index (χ0n) is 4.62. The highest BCUT2D eigenvalue weighted by molar-refractivity contribution is 7.53. The van der Waals surface area contributed by atoms with Crippen LogP contribution in [0.1, 0.15) is 0 Å². The predicted molar refractivity (Wildman–Crippen MR) is 33.7 cm³/mol. The van der Waals surface area contributed by atoms with Crippen molar-refractivity contribution in [2.75, 3.05) is 12.0 Å². The summed E-state index contributed by atoms with van der Waals surface area (Å²) < 4.78 is 18.7. The fourth-order valence-electron chi connectivity index (χ4n) is 0.234. The van der Waals surface area contributed by atoms with Gasteiger partial charge in [0.2, 0.25) is 0 Å². The molecule has 0 saturated carbocycles. The van der Waals surface area contributed by atoms with E-state index in [0.717, 1.165) is 0 Å². The van der Waals surface area contributed by atoms with Crippen LogP contribution in [0.15, 0.2) is 0 Å². The van der Waals surface area contributed by atoms with Crippen LogP contribution in [0.4, 0.5) is 0 Å². The first kappa shape index (κ1) is 9.36. The van der Waals surface area contributed by atoms with E-state index in [1.807, 2.05) is 0 Å². The maximum atomic E-state index is 10.8. The summed E-state index contributed by atoms with van der Waals surface area (Å²) in [6.07, 6.45) is 0.0154. The Morgan fingerprint density at radius 1 is 1.44 bits per heavy atom. The number of hydrogen-bond acceptors (Lipinski definition) is 5. The lowest BCUT2D eigenvalue weighted by Gasteiger charge is -2.08. The number of rotatable bonds is 4. The van der Waals surface area contributed by atoms with E-state index in [9.17, 15) is 4.57 Å². The molecule has 4 N–H and O–H groups in total. The molecule has 0 aliphatic carbocycles. The fraction of sp³-hybridized carbons (Fsp3) is 1.00. The van der Waals surface area contributed by atoms with E-state index >= 15 is 0 Å². The summed E-state index contributed by atoms with van der Waals surface area (Å²) in [5, 5.41) is 0. The second kappa shape index (κ2) is 4.22. The third-order valence-electron chi connectivity index (χ3n) is 0.680. The molecule has 0 aliphatic heterocycles. The van der Waals surface area contributed by atoms with E-state index in [1.54, 1.807) is 0 Å². The van der Waals surface area contributed by atoms with Gasteiger partial charge < -0.3 is 0 Å². The van der Waals surface area contributed by atoms with E-state index in [-0.39, 0.29) is 12.0 Å². The molecule has 0 aromatic rings. The minimum atomic E-state index is -3.26. The molecule has 0 aromatic heterocycles. The first-order valence-corrected chi connectivity index (χ1v) is 4.37. The number of halogens is 1. The van der Waals surface area contributed by atoms with Gasteiger partial charge >= 0.3 is 7.60 Å². The second-order valence-corrected chi connectivity index (χ2v) is 3.70. The molecule has 0 aromatic carbocycles. The summed E-state index contributed by atoms with van der Waals surface area (Å²) in [7, 11) is -3.26. The number of nitrogens with two attached hydrogens (primary N) is 2. The van der Waals surface area contributed by atoms with Gasteiger partial charge in [0.25, 0.3) is 0 Å². The number of hydrogen-bond donors (Lipinski definition) is 2. The van der Waals surface area contributed by atoms with Gasteiger partial charge in [-0.05, 0) is 0 Å². The van der Waals surface area contributed by atoms with Crippen molar-refractivity contribution in [1.82, 2.24) is 0 Å². The minimum Gasteiger partial charge on any atom is -0.257 e. The molecule has 56 valence electrons. The highest BCUT2D eigenvalue weighted by atomic mass is 35.5. The summed E-state index contributed by atoms with van der Waals surface area (Å²) in [5.74, 6) is 9.28. The summed E-state index contributed by atoms with van der Waals surface area (Å²) >= 11 is 5.20. The zero-order valence-corrected chi connectivity index (χ0v) is 6.27. The van der Waals surface area contributed by atoms with Gasteiger partial charge in [-0.1, -0.05) is 0 Å². The summed E-state index contributed by atoms with van der Waals surface area (Å²) in [6, 6.07) is 0. The Morgan fingerprint density at radius 3 is 2.00 bits per heavy atom. The molecule has 0 radical (unpaired) electrons. The van der Waals surface area contributed by atoms with Crippen LogP contribution in [0.25, 0.3) is 0 Å². The van der Waals surface area contributed by atoms with Crippen molar-refractivity contribution in [3.05, 3.63) is 0 Å². The van der Waals surface area contributed by atoms with Gasteiger partial charge in [-0.25, -0.2) is 21.0 Å². The first-order valence-electron chi connectivity index (χ1n) is 2.10. The number of alkyl halides is 1. The average molecular weight is 175 g/mol. The minimum absolute atomic E-state index is 0.0154. The van der Waals surface area contributed by atoms with Crippen molar-refractivity contribution in [3.63, 3.8) is 0 Å². The van der Waals surface area contributed by atoms with Gasteiger partial charge in [-0.15, -0.1) is 11.6 Å². The van der Waals surface area contributed by atoms with Crippen LogP contribution in [-0.2, 0) is 13.8 Å². The summed E-state index contributed by atoms with van der Waals surface area (Å²) in [6.45, 7) is 0. The van der Waals surface area contributed by atoms with Gasteiger partial charge in [0.05, 0.1) is 6.16 Å². The van der Waals surface area contributed by atoms with Crippen LogP contribution < -0.4 is 11.8 Å². The molecule has 0 spiro atoms. The van der Waals surface area contributed by atoms with Crippen molar-refractivity contribution in [3.8, 4) is 0 Å². The molecule has 0 aliphatic rings. The molecule has 0 unspecified atom stereocenters. The lowest BCUT2D eigenvalue weighted by Crippen LogP contribution is -2.08. The van der Waals surface area contributed by atoms with Crippen molar-refractivity contribution < 1.29 is 13.8 Å². The second-order valence-electron chi connectivity index (χ2n) is 1.23. The Bertz CT molecular complexity index is 112. The molecular formula is C2H8ClN2O3P. The lowest BCUT2D eigenvalue weighted by molar-refractivity contribution is 0.212. The van der Waals surface area contributed by atoms with Crippen LogP contribution >= 0.6 is 19.2 Å². The van der Waals surface area contributed by atoms with Crippen molar-refractivity contribution >= 4 is 19.2 Å². The quantitative estimate of drug-likeness (QED) is 0.361. The predicted octanol–water partition coefficient (Wildman–Crippen LogP) is 0.199. The summed E-state index contributed by atoms with van der Waals surface area (Å²) in [4.78, 5) is 0. The van der Waals surface area contributed by atoms with E-state index in [0.29, 0.717) is 0 Å². The molecule has 0 bridgehead atoms. The van der Waals surface area contributed by atoms with Crippen molar-refractivity contribution in [2.45, 2.75) is 0 Å².